The number of thioether (sulfide) groups is 2. The molecular formula is C10H9BrS2. The molecule has 3 heteroatoms. The first-order valence-corrected chi connectivity index (χ1v) is 6.85. The van der Waals surface area contributed by atoms with Gasteiger partial charge in [-0.2, -0.15) is 0 Å². The second-order valence-corrected chi connectivity index (χ2v) is 6.19. The summed E-state index contributed by atoms with van der Waals surface area (Å²) in [6.07, 6.45) is 0. The minimum Gasteiger partial charge on any atom is -0.123 e. The van der Waals surface area contributed by atoms with E-state index in [4.69, 9.17) is 0 Å². The Morgan fingerprint density at radius 3 is 2.38 bits per heavy atom. The quantitative estimate of drug-likeness (QED) is 0.752. The van der Waals surface area contributed by atoms with Crippen molar-refractivity contribution in [2.75, 3.05) is 11.5 Å². The van der Waals surface area contributed by atoms with Gasteiger partial charge >= 0.3 is 0 Å². The van der Waals surface area contributed by atoms with E-state index in [-0.39, 0.29) is 0 Å². The largest absolute Gasteiger partial charge is 0.123 e. The Labute approximate surface area is 95.3 Å². The lowest BCUT2D eigenvalue weighted by molar-refractivity contribution is 1.55. The minimum atomic E-state index is 1.21. The van der Waals surface area contributed by atoms with Crippen molar-refractivity contribution in [1.82, 2.24) is 0 Å². The Balaban J connectivity index is 2.35. The molecule has 13 heavy (non-hydrogen) atoms. The molecule has 0 atom stereocenters. The highest BCUT2D eigenvalue weighted by Crippen LogP contribution is 2.43. The van der Waals surface area contributed by atoms with Crippen LogP contribution in [-0.2, 0) is 0 Å². The molecule has 0 bridgehead atoms. The zero-order chi connectivity index (χ0) is 9.10. The predicted octanol–water partition coefficient (Wildman–Crippen LogP) is 4.19. The van der Waals surface area contributed by atoms with Crippen LogP contribution in [0.1, 0.15) is 5.56 Å². The van der Waals surface area contributed by atoms with Crippen LogP contribution in [0, 0.1) is 0 Å². The average Bonchev–Trinajstić information content (AvgIpc) is 2.20. The summed E-state index contributed by atoms with van der Waals surface area (Å²) in [4.78, 5) is 1.39. The number of benzene rings is 1. The van der Waals surface area contributed by atoms with Gasteiger partial charge in [0.15, 0.2) is 0 Å². The lowest BCUT2D eigenvalue weighted by Crippen LogP contribution is -1.93. The van der Waals surface area contributed by atoms with Gasteiger partial charge in [-0.15, -0.1) is 23.5 Å². The van der Waals surface area contributed by atoms with Crippen molar-refractivity contribution in [2.24, 2.45) is 0 Å². The molecular weight excluding hydrogens is 264 g/mol. The molecule has 0 radical (unpaired) electrons. The van der Waals surface area contributed by atoms with E-state index in [0.29, 0.717) is 0 Å². The number of halogens is 1. The van der Waals surface area contributed by atoms with E-state index in [9.17, 15) is 0 Å². The third kappa shape index (κ3) is 2.33. The smallest absolute Gasteiger partial charge is 0.0645 e. The van der Waals surface area contributed by atoms with Gasteiger partial charge in [-0.25, -0.2) is 0 Å². The molecule has 0 unspecified atom stereocenters. The first-order valence-electron chi connectivity index (χ1n) is 4.09. The fourth-order valence-corrected chi connectivity index (χ4v) is 4.31. The van der Waals surface area contributed by atoms with Crippen molar-refractivity contribution in [3.63, 3.8) is 0 Å². The molecule has 0 saturated heterocycles. The van der Waals surface area contributed by atoms with Crippen LogP contribution < -0.4 is 0 Å². The molecule has 0 nitrogen and oxygen atoms in total. The van der Waals surface area contributed by atoms with Gasteiger partial charge in [0.1, 0.15) is 0 Å². The van der Waals surface area contributed by atoms with Crippen molar-refractivity contribution in [3.8, 4) is 0 Å². The molecule has 1 heterocycles. The van der Waals surface area contributed by atoms with Gasteiger partial charge in [0.2, 0.25) is 0 Å². The molecule has 1 aliphatic rings. The Morgan fingerprint density at radius 1 is 1.00 bits per heavy atom. The Hall–Kier alpha value is 0.140. The van der Waals surface area contributed by atoms with Crippen molar-refractivity contribution in [2.45, 2.75) is 0 Å². The van der Waals surface area contributed by atoms with Crippen LogP contribution in [0.25, 0.3) is 4.91 Å². The van der Waals surface area contributed by atoms with Gasteiger partial charge in [-0.1, -0.05) is 30.3 Å². The average molecular weight is 273 g/mol. The van der Waals surface area contributed by atoms with Gasteiger partial charge < -0.3 is 0 Å². The lowest BCUT2D eigenvalue weighted by atomic mass is 10.2. The van der Waals surface area contributed by atoms with Crippen LogP contribution in [0.3, 0.4) is 0 Å². The first-order chi connectivity index (χ1) is 6.38. The van der Waals surface area contributed by atoms with Crippen molar-refractivity contribution in [3.05, 3.63) is 39.7 Å². The molecule has 0 aliphatic carbocycles. The summed E-state index contributed by atoms with van der Waals surface area (Å²) in [5.41, 5.74) is 1.33. The van der Waals surface area contributed by atoms with Crippen molar-refractivity contribution >= 4 is 44.4 Å². The van der Waals surface area contributed by atoms with Gasteiger partial charge in [-0.3, -0.25) is 0 Å². The van der Waals surface area contributed by atoms with Gasteiger partial charge in [0, 0.05) is 16.4 Å². The molecule has 0 N–H and O–H groups in total. The molecule has 1 aromatic carbocycles. The second-order valence-electron chi connectivity index (χ2n) is 2.67. The minimum absolute atomic E-state index is 1.21. The molecule has 2 rings (SSSR count). The summed E-state index contributed by atoms with van der Waals surface area (Å²) < 4.78 is 1.29. The van der Waals surface area contributed by atoms with Gasteiger partial charge in [0.05, 0.1) is 3.81 Å². The molecule has 1 aromatic rings. The fourth-order valence-electron chi connectivity index (χ4n) is 1.18. The summed E-state index contributed by atoms with van der Waals surface area (Å²) >= 11 is 7.45. The molecule has 1 aliphatic heterocycles. The normalized spacial score (nSPS) is 17.6. The number of rotatable bonds is 1. The molecule has 68 valence electrons. The molecule has 0 spiro atoms. The Kier molecular flexibility index (Phi) is 3.41. The van der Waals surface area contributed by atoms with E-state index < -0.39 is 0 Å². The highest BCUT2D eigenvalue weighted by molar-refractivity contribution is 9.14. The zero-order valence-electron chi connectivity index (χ0n) is 7.00. The molecule has 0 amide bonds. The van der Waals surface area contributed by atoms with Crippen LogP contribution in [0.4, 0.5) is 0 Å². The lowest BCUT2D eigenvalue weighted by Gasteiger charge is -2.15. The number of hydrogen-bond donors (Lipinski definition) is 0. The van der Waals surface area contributed by atoms with Crippen LogP contribution in [-0.4, -0.2) is 11.5 Å². The molecule has 0 saturated carbocycles. The monoisotopic (exact) mass is 272 g/mol. The highest BCUT2D eigenvalue weighted by atomic mass is 79.9. The second kappa shape index (κ2) is 4.58. The van der Waals surface area contributed by atoms with Gasteiger partial charge in [0.25, 0.3) is 0 Å². The highest BCUT2D eigenvalue weighted by Gasteiger charge is 2.12. The van der Waals surface area contributed by atoms with Gasteiger partial charge in [-0.05, 0) is 21.5 Å². The van der Waals surface area contributed by atoms with E-state index in [1.807, 2.05) is 23.5 Å². The maximum absolute atomic E-state index is 3.61. The maximum atomic E-state index is 3.61. The van der Waals surface area contributed by atoms with Crippen LogP contribution in [0.15, 0.2) is 34.1 Å². The molecule has 0 aromatic heterocycles. The van der Waals surface area contributed by atoms with E-state index in [1.165, 1.54) is 25.8 Å². The standard InChI is InChI=1S/C10H9BrS2/c11-10-9(12-6-7-13-10)8-4-2-1-3-5-8/h1-5H,6-7H2. The summed E-state index contributed by atoms with van der Waals surface area (Å²) in [6, 6.07) is 10.6. The maximum Gasteiger partial charge on any atom is 0.0645 e. The van der Waals surface area contributed by atoms with Crippen LogP contribution in [0.5, 0.6) is 0 Å². The van der Waals surface area contributed by atoms with E-state index in [0.717, 1.165) is 0 Å². The summed E-state index contributed by atoms with van der Waals surface area (Å²) in [5.74, 6) is 2.42. The third-order valence-corrected chi connectivity index (χ3v) is 5.51. The third-order valence-electron chi connectivity index (χ3n) is 1.77. The van der Waals surface area contributed by atoms with E-state index >= 15 is 0 Å². The Bertz CT molecular complexity index is 319. The van der Waals surface area contributed by atoms with Crippen LogP contribution >= 0.6 is 39.5 Å². The fraction of sp³-hybridized carbons (Fsp3) is 0.200. The van der Waals surface area contributed by atoms with E-state index in [1.54, 1.807) is 0 Å². The summed E-state index contributed by atoms with van der Waals surface area (Å²) in [6.45, 7) is 0. The summed E-state index contributed by atoms with van der Waals surface area (Å²) in [7, 11) is 0. The summed E-state index contributed by atoms with van der Waals surface area (Å²) in [5, 5.41) is 0. The van der Waals surface area contributed by atoms with Crippen LogP contribution in [0.2, 0.25) is 0 Å². The first kappa shape index (κ1) is 9.69. The van der Waals surface area contributed by atoms with Crippen molar-refractivity contribution < 1.29 is 0 Å². The van der Waals surface area contributed by atoms with Crippen molar-refractivity contribution in [1.29, 1.82) is 0 Å². The van der Waals surface area contributed by atoms with E-state index in [2.05, 4.69) is 46.3 Å². The molecule has 0 fully saturated rings. The topological polar surface area (TPSA) is 0 Å². The number of hydrogen-bond acceptors (Lipinski definition) is 2. The Morgan fingerprint density at radius 2 is 1.69 bits per heavy atom. The predicted molar refractivity (Wildman–Crippen MR) is 67.2 cm³/mol. The SMILES string of the molecule is BrC1=C(c2ccccc2)SCCS1. The zero-order valence-corrected chi connectivity index (χ0v) is 10.2.